The molecule has 3 aromatic rings. The Labute approximate surface area is 188 Å². The van der Waals surface area contributed by atoms with Gasteiger partial charge in [-0.15, -0.1) is 0 Å². The maximum Gasteiger partial charge on any atom is 0.239 e. The zero-order valence-corrected chi connectivity index (χ0v) is 18.2. The molecule has 2 amide bonds. The molecular formula is C27H26N2O3. The van der Waals surface area contributed by atoms with Crippen LogP contribution in [-0.2, 0) is 16.1 Å². The lowest BCUT2D eigenvalue weighted by Gasteiger charge is -2.52. The monoisotopic (exact) mass is 426 g/mol. The molecule has 5 heteroatoms. The summed E-state index contributed by atoms with van der Waals surface area (Å²) in [6, 6.07) is 25.2. The second-order valence-corrected chi connectivity index (χ2v) is 8.87. The lowest BCUT2D eigenvalue weighted by molar-refractivity contribution is -0.177. The van der Waals surface area contributed by atoms with Gasteiger partial charge < -0.3 is 10.1 Å². The molecule has 0 aliphatic carbocycles. The topological polar surface area (TPSA) is 58.6 Å². The largest absolute Gasteiger partial charge is 0.468 e. The molecule has 2 bridgehead atoms. The Morgan fingerprint density at radius 1 is 1.03 bits per heavy atom. The number of ether oxygens (including phenoxy) is 1. The van der Waals surface area contributed by atoms with E-state index in [-0.39, 0.29) is 17.7 Å². The minimum atomic E-state index is -0.821. The van der Waals surface area contributed by atoms with Gasteiger partial charge in [0.25, 0.3) is 0 Å². The standard InChI is InChI=1S/C27H26N2O3/c1-18-12-14-20(15-13-18)28-25(30)24-22-16-27(2,32-23-11-7-6-10-21(22)23)29(26(24)31)17-19-8-4-3-5-9-19/h3-15,22,24H,16-17H2,1-2H3,(H,28,30)/t22-,24-,27-/m0/s1. The Bertz CT molecular complexity index is 1160. The quantitative estimate of drug-likeness (QED) is 0.605. The maximum atomic E-state index is 13.8. The highest BCUT2D eigenvalue weighted by Crippen LogP contribution is 2.50. The number of aryl methyl sites for hydroxylation is 1. The molecule has 1 fully saturated rings. The highest BCUT2D eigenvalue weighted by molar-refractivity contribution is 6.08. The van der Waals surface area contributed by atoms with Gasteiger partial charge in [-0.3, -0.25) is 14.5 Å². The summed E-state index contributed by atoms with van der Waals surface area (Å²) >= 11 is 0. The first kappa shape index (κ1) is 20.3. The number of fused-ring (bicyclic) bond motifs is 4. The average molecular weight is 427 g/mol. The van der Waals surface area contributed by atoms with Crippen LogP contribution in [0.4, 0.5) is 5.69 Å². The molecule has 1 N–H and O–H groups in total. The molecule has 0 unspecified atom stereocenters. The highest BCUT2D eigenvalue weighted by atomic mass is 16.5. The number of anilines is 1. The summed E-state index contributed by atoms with van der Waals surface area (Å²) in [5.41, 5.74) is 2.91. The van der Waals surface area contributed by atoms with Gasteiger partial charge >= 0.3 is 0 Å². The number of nitrogens with one attached hydrogen (secondary N) is 1. The van der Waals surface area contributed by atoms with Gasteiger partial charge in [-0.2, -0.15) is 0 Å². The van der Waals surface area contributed by atoms with Crippen molar-refractivity contribution in [2.24, 2.45) is 5.92 Å². The molecule has 162 valence electrons. The van der Waals surface area contributed by atoms with E-state index in [9.17, 15) is 9.59 Å². The number of para-hydroxylation sites is 1. The van der Waals surface area contributed by atoms with Crippen LogP contribution in [0.3, 0.4) is 0 Å². The zero-order valence-electron chi connectivity index (χ0n) is 18.2. The third-order valence-electron chi connectivity index (χ3n) is 6.54. The van der Waals surface area contributed by atoms with Crippen LogP contribution in [0, 0.1) is 12.8 Å². The molecule has 2 aliphatic heterocycles. The number of rotatable bonds is 4. The number of likely N-dealkylation sites (tertiary alicyclic amines) is 1. The van der Waals surface area contributed by atoms with Gasteiger partial charge in [0.1, 0.15) is 11.7 Å². The molecule has 5 rings (SSSR count). The van der Waals surface area contributed by atoms with E-state index in [0.29, 0.717) is 18.7 Å². The summed E-state index contributed by atoms with van der Waals surface area (Å²) in [5, 5.41) is 2.97. The van der Waals surface area contributed by atoms with E-state index in [1.807, 2.05) is 92.7 Å². The summed E-state index contributed by atoms with van der Waals surface area (Å²) in [4.78, 5) is 29.0. The Morgan fingerprint density at radius 2 is 1.72 bits per heavy atom. The second-order valence-electron chi connectivity index (χ2n) is 8.87. The van der Waals surface area contributed by atoms with Crippen LogP contribution in [0.15, 0.2) is 78.9 Å². The van der Waals surface area contributed by atoms with Crippen LogP contribution in [0.1, 0.15) is 36.0 Å². The van der Waals surface area contributed by atoms with E-state index in [4.69, 9.17) is 4.74 Å². The fraction of sp³-hybridized carbons (Fsp3) is 0.259. The van der Waals surface area contributed by atoms with Crippen LogP contribution < -0.4 is 10.1 Å². The number of hydrogen-bond acceptors (Lipinski definition) is 3. The normalized spacial score (nSPS) is 23.8. The van der Waals surface area contributed by atoms with Crippen molar-refractivity contribution in [2.45, 2.75) is 38.5 Å². The smallest absolute Gasteiger partial charge is 0.239 e. The molecule has 2 heterocycles. The Morgan fingerprint density at radius 3 is 2.47 bits per heavy atom. The van der Waals surface area contributed by atoms with Gasteiger partial charge in [-0.05, 0) is 43.2 Å². The van der Waals surface area contributed by atoms with E-state index in [1.54, 1.807) is 4.90 Å². The Hall–Kier alpha value is -3.60. The van der Waals surface area contributed by atoms with Gasteiger partial charge in [0.2, 0.25) is 11.8 Å². The van der Waals surface area contributed by atoms with Crippen molar-refractivity contribution in [3.63, 3.8) is 0 Å². The molecule has 0 aromatic heterocycles. The number of benzene rings is 3. The van der Waals surface area contributed by atoms with Crippen molar-refractivity contribution in [3.05, 3.63) is 95.6 Å². The fourth-order valence-electron chi connectivity index (χ4n) is 4.88. The SMILES string of the molecule is Cc1ccc(NC(=O)[C@H]2C(=O)N(Cc3ccccc3)[C@]3(C)C[C@H]2c2ccccc2O3)cc1. The zero-order chi connectivity index (χ0) is 22.3. The third-order valence-corrected chi connectivity index (χ3v) is 6.54. The van der Waals surface area contributed by atoms with Crippen LogP contribution in [0.5, 0.6) is 5.75 Å². The van der Waals surface area contributed by atoms with Gasteiger partial charge in [0.05, 0.1) is 0 Å². The molecule has 32 heavy (non-hydrogen) atoms. The second kappa shape index (κ2) is 7.83. The molecular weight excluding hydrogens is 400 g/mol. The van der Waals surface area contributed by atoms with E-state index in [2.05, 4.69) is 5.32 Å². The predicted octanol–water partition coefficient (Wildman–Crippen LogP) is 4.87. The fourth-order valence-corrected chi connectivity index (χ4v) is 4.88. The Kier molecular flexibility index (Phi) is 4.97. The van der Waals surface area contributed by atoms with Crippen molar-refractivity contribution in [2.75, 3.05) is 5.32 Å². The minimum absolute atomic E-state index is 0.202. The lowest BCUT2D eigenvalue weighted by atomic mass is 9.73. The van der Waals surface area contributed by atoms with Crippen LogP contribution >= 0.6 is 0 Å². The van der Waals surface area contributed by atoms with E-state index in [0.717, 1.165) is 22.4 Å². The van der Waals surface area contributed by atoms with Gasteiger partial charge in [-0.25, -0.2) is 0 Å². The van der Waals surface area contributed by atoms with Gasteiger partial charge in [-0.1, -0.05) is 66.2 Å². The van der Waals surface area contributed by atoms with Crippen LogP contribution in [-0.4, -0.2) is 22.4 Å². The molecule has 2 aliphatic rings. The predicted molar refractivity (Wildman–Crippen MR) is 123 cm³/mol. The maximum absolute atomic E-state index is 13.8. The van der Waals surface area contributed by atoms with E-state index >= 15 is 0 Å². The lowest BCUT2D eigenvalue weighted by Crippen LogP contribution is -2.63. The molecule has 0 saturated carbocycles. The highest BCUT2D eigenvalue weighted by Gasteiger charge is 2.56. The molecule has 0 radical (unpaired) electrons. The third kappa shape index (κ3) is 3.54. The summed E-state index contributed by atoms with van der Waals surface area (Å²) in [5.74, 6) is -0.801. The Balaban J connectivity index is 1.53. The molecule has 3 atom stereocenters. The number of carbonyl (C=O) groups excluding carboxylic acids is 2. The summed E-state index contributed by atoms with van der Waals surface area (Å²) < 4.78 is 6.38. The molecule has 3 aromatic carbocycles. The summed E-state index contributed by atoms with van der Waals surface area (Å²) in [6.45, 7) is 4.34. The summed E-state index contributed by atoms with van der Waals surface area (Å²) in [6.07, 6.45) is 0.564. The minimum Gasteiger partial charge on any atom is -0.468 e. The number of amides is 2. The van der Waals surface area contributed by atoms with Crippen molar-refractivity contribution in [1.82, 2.24) is 4.90 Å². The molecule has 0 spiro atoms. The van der Waals surface area contributed by atoms with Crippen molar-refractivity contribution >= 4 is 17.5 Å². The summed E-state index contributed by atoms with van der Waals surface area (Å²) in [7, 11) is 0. The number of piperidine rings is 1. The van der Waals surface area contributed by atoms with Gasteiger partial charge in [0, 0.05) is 24.6 Å². The van der Waals surface area contributed by atoms with Gasteiger partial charge in [0.15, 0.2) is 5.72 Å². The van der Waals surface area contributed by atoms with E-state index in [1.165, 1.54) is 0 Å². The number of nitrogens with zero attached hydrogens (tertiary/aromatic N) is 1. The van der Waals surface area contributed by atoms with Crippen molar-refractivity contribution in [1.29, 1.82) is 0 Å². The van der Waals surface area contributed by atoms with Crippen LogP contribution in [0.25, 0.3) is 0 Å². The number of hydrogen-bond donors (Lipinski definition) is 1. The number of carbonyl (C=O) groups is 2. The molecule has 5 nitrogen and oxygen atoms in total. The first-order chi connectivity index (χ1) is 15.4. The first-order valence-corrected chi connectivity index (χ1v) is 11.0. The first-order valence-electron chi connectivity index (χ1n) is 11.0. The van der Waals surface area contributed by atoms with Crippen molar-refractivity contribution < 1.29 is 14.3 Å². The van der Waals surface area contributed by atoms with E-state index < -0.39 is 11.6 Å². The average Bonchev–Trinajstić information content (AvgIpc) is 2.79. The molecule has 1 saturated heterocycles. The van der Waals surface area contributed by atoms with Crippen LogP contribution in [0.2, 0.25) is 0 Å². The van der Waals surface area contributed by atoms with Crippen molar-refractivity contribution in [3.8, 4) is 5.75 Å².